The first-order chi connectivity index (χ1) is 7.63. The summed E-state index contributed by atoms with van der Waals surface area (Å²) in [6.45, 7) is 0. The Kier molecular flexibility index (Phi) is 4.67. The Morgan fingerprint density at radius 3 is 2.44 bits per heavy atom. The lowest BCUT2D eigenvalue weighted by Gasteiger charge is -2.14. The van der Waals surface area contributed by atoms with E-state index in [0.717, 1.165) is 0 Å². The zero-order chi connectivity index (χ0) is 12.1. The van der Waals surface area contributed by atoms with Gasteiger partial charge in [-0.3, -0.25) is 0 Å². The van der Waals surface area contributed by atoms with Gasteiger partial charge in [0.1, 0.15) is 5.69 Å². The zero-order valence-corrected chi connectivity index (χ0v) is 9.95. The summed E-state index contributed by atoms with van der Waals surface area (Å²) in [5.41, 5.74) is 0.696. The predicted molar refractivity (Wildman–Crippen MR) is 57.3 cm³/mol. The molecule has 1 heterocycles. The third-order valence-electron chi connectivity index (χ3n) is 1.96. The molecule has 0 amide bonds. The molecule has 1 aromatic heterocycles. The number of esters is 1. The molecule has 0 aromatic carbocycles. The quantitative estimate of drug-likeness (QED) is 0.598. The van der Waals surface area contributed by atoms with Crippen LogP contribution in [-0.2, 0) is 14.2 Å². The van der Waals surface area contributed by atoms with Crippen LogP contribution in [0.2, 0.25) is 5.02 Å². The van der Waals surface area contributed by atoms with Gasteiger partial charge in [0.05, 0.1) is 12.1 Å². The van der Waals surface area contributed by atoms with Crippen molar-refractivity contribution in [1.29, 1.82) is 0 Å². The maximum absolute atomic E-state index is 11.2. The molecule has 1 rings (SSSR count). The molecule has 1 aromatic rings. The zero-order valence-electron chi connectivity index (χ0n) is 9.19. The Balaban J connectivity index is 3.04. The van der Waals surface area contributed by atoms with Gasteiger partial charge in [0.15, 0.2) is 6.29 Å². The van der Waals surface area contributed by atoms with Crippen LogP contribution in [0.1, 0.15) is 22.3 Å². The summed E-state index contributed by atoms with van der Waals surface area (Å²) >= 11 is 5.97. The fraction of sp³-hybridized carbons (Fsp3) is 0.400. The van der Waals surface area contributed by atoms with Crippen LogP contribution >= 0.6 is 11.6 Å². The Labute approximate surface area is 98.3 Å². The molecule has 6 heteroatoms. The molecule has 0 spiro atoms. The predicted octanol–water partition coefficient (Wildman–Crippen LogP) is 1.81. The summed E-state index contributed by atoms with van der Waals surface area (Å²) in [5, 5.41) is 0.337. The Morgan fingerprint density at radius 1 is 1.38 bits per heavy atom. The van der Waals surface area contributed by atoms with Crippen molar-refractivity contribution in [2.75, 3.05) is 21.3 Å². The number of nitrogens with zero attached hydrogens (tertiary/aromatic N) is 1. The molecule has 0 saturated heterocycles. The number of rotatable bonds is 4. The van der Waals surface area contributed by atoms with E-state index < -0.39 is 12.3 Å². The van der Waals surface area contributed by atoms with E-state index >= 15 is 0 Å². The molecule has 0 fully saturated rings. The van der Waals surface area contributed by atoms with Crippen LogP contribution in [0.15, 0.2) is 12.3 Å². The van der Waals surface area contributed by atoms with Crippen LogP contribution in [0.25, 0.3) is 0 Å². The van der Waals surface area contributed by atoms with Crippen LogP contribution in [0.5, 0.6) is 0 Å². The highest BCUT2D eigenvalue weighted by Gasteiger charge is 2.16. The molecule has 0 unspecified atom stereocenters. The number of halogens is 1. The minimum absolute atomic E-state index is 0.141. The molecule has 0 bridgehead atoms. The number of ether oxygens (including phenoxy) is 3. The summed E-state index contributed by atoms with van der Waals surface area (Å²) in [5.74, 6) is -0.542. The summed E-state index contributed by atoms with van der Waals surface area (Å²) < 4.78 is 14.6. The van der Waals surface area contributed by atoms with Crippen molar-refractivity contribution in [2.45, 2.75) is 6.29 Å². The van der Waals surface area contributed by atoms with Gasteiger partial charge in [0, 0.05) is 26.0 Å². The summed E-state index contributed by atoms with van der Waals surface area (Å²) in [7, 11) is 4.25. The lowest BCUT2D eigenvalue weighted by Crippen LogP contribution is -2.09. The molecule has 0 aliphatic heterocycles. The summed E-state index contributed by atoms with van der Waals surface area (Å²) in [4.78, 5) is 15.1. The molecule has 0 atom stereocenters. The van der Waals surface area contributed by atoms with Crippen LogP contribution in [0.4, 0.5) is 0 Å². The largest absolute Gasteiger partial charge is 0.464 e. The normalized spacial score (nSPS) is 10.6. The van der Waals surface area contributed by atoms with E-state index in [1.54, 1.807) is 0 Å². The third-order valence-corrected chi connectivity index (χ3v) is 2.29. The van der Waals surface area contributed by atoms with Crippen LogP contribution in [0, 0.1) is 0 Å². The van der Waals surface area contributed by atoms with Crippen molar-refractivity contribution in [1.82, 2.24) is 4.98 Å². The van der Waals surface area contributed by atoms with Crippen molar-refractivity contribution in [3.8, 4) is 0 Å². The van der Waals surface area contributed by atoms with Crippen LogP contribution in [-0.4, -0.2) is 32.3 Å². The van der Waals surface area contributed by atoms with Crippen molar-refractivity contribution >= 4 is 17.6 Å². The molecule has 88 valence electrons. The van der Waals surface area contributed by atoms with Crippen LogP contribution < -0.4 is 0 Å². The molecule has 0 N–H and O–H groups in total. The van der Waals surface area contributed by atoms with Crippen molar-refractivity contribution in [3.05, 3.63) is 28.5 Å². The van der Waals surface area contributed by atoms with Crippen molar-refractivity contribution in [3.63, 3.8) is 0 Å². The average Bonchev–Trinajstić information content (AvgIpc) is 2.31. The maximum Gasteiger partial charge on any atom is 0.356 e. The van der Waals surface area contributed by atoms with Crippen molar-refractivity contribution in [2.24, 2.45) is 0 Å². The lowest BCUT2D eigenvalue weighted by atomic mass is 10.2. The second kappa shape index (κ2) is 5.79. The first kappa shape index (κ1) is 12.9. The van der Waals surface area contributed by atoms with Gasteiger partial charge in [0.25, 0.3) is 0 Å². The van der Waals surface area contributed by atoms with E-state index in [1.807, 2.05) is 0 Å². The van der Waals surface area contributed by atoms with E-state index in [9.17, 15) is 4.79 Å². The first-order valence-electron chi connectivity index (χ1n) is 4.43. The van der Waals surface area contributed by atoms with Gasteiger partial charge in [-0.1, -0.05) is 11.6 Å². The fourth-order valence-electron chi connectivity index (χ4n) is 1.18. The van der Waals surface area contributed by atoms with Crippen LogP contribution in [0.3, 0.4) is 0 Å². The highest BCUT2D eigenvalue weighted by atomic mass is 35.5. The van der Waals surface area contributed by atoms with Crippen molar-refractivity contribution < 1.29 is 19.0 Å². The number of hydrogen-bond acceptors (Lipinski definition) is 5. The fourth-order valence-corrected chi connectivity index (χ4v) is 1.42. The lowest BCUT2D eigenvalue weighted by molar-refractivity contribution is -0.106. The minimum Gasteiger partial charge on any atom is -0.464 e. The van der Waals surface area contributed by atoms with E-state index in [-0.39, 0.29) is 5.69 Å². The number of carbonyl (C=O) groups is 1. The topological polar surface area (TPSA) is 57.7 Å². The molecule has 0 aliphatic carbocycles. The number of pyridine rings is 1. The molecular formula is C10H12ClNO4. The molecule has 0 aliphatic rings. The highest BCUT2D eigenvalue weighted by molar-refractivity contribution is 6.31. The van der Waals surface area contributed by atoms with Gasteiger partial charge in [-0.2, -0.15) is 0 Å². The first-order valence-corrected chi connectivity index (χ1v) is 4.81. The van der Waals surface area contributed by atoms with Gasteiger partial charge < -0.3 is 14.2 Å². The SMILES string of the molecule is COC(=O)c1cc(Cl)c(C(OC)OC)cn1. The highest BCUT2D eigenvalue weighted by Crippen LogP contribution is 2.25. The molecule has 0 saturated carbocycles. The van der Waals surface area contributed by atoms with Gasteiger partial charge in [-0.05, 0) is 6.07 Å². The number of methoxy groups -OCH3 is 3. The monoisotopic (exact) mass is 245 g/mol. The molecular weight excluding hydrogens is 234 g/mol. The number of carbonyl (C=O) groups excluding carboxylic acids is 1. The second-order valence-electron chi connectivity index (χ2n) is 2.89. The third kappa shape index (κ3) is 2.69. The maximum atomic E-state index is 11.2. The van der Waals surface area contributed by atoms with Gasteiger partial charge >= 0.3 is 5.97 Å². The number of hydrogen-bond donors (Lipinski definition) is 0. The van der Waals surface area contributed by atoms with E-state index in [1.165, 1.54) is 33.6 Å². The standard InChI is InChI=1S/C10H12ClNO4/c1-14-9(13)8-4-7(11)6(5-12-8)10(15-2)16-3/h4-5,10H,1-3H3. The Bertz CT molecular complexity index is 379. The smallest absolute Gasteiger partial charge is 0.356 e. The molecule has 0 radical (unpaired) electrons. The summed E-state index contributed by atoms with van der Waals surface area (Å²) in [6.07, 6.45) is 0.818. The molecule has 16 heavy (non-hydrogen) atoms. The summed E-state index contributed by atoms with van der Waals surface area (Å²) in [6, 6.07) is 1.41. The minimum atomic E-state index is -0.605. The Morgan fingerprint density at radius 2 is 2.00 bits per heavy atom. The van der Waals surface area contributed by atoms with Gasteiger partial charge in [0.2, 0.25) is 0 Å². The average molecular weight is 246 g/mol. The van der Waals surface area contributed by atoms with Gasteiger partial charge in [-0.25, -0.2) is 9.78 Å². The number of aromatic nitrogens is 1. The van der Waals surface area contributed by atoms with E-state index in [0.29, 0.717) is 10.6 Å². The van der Waals surface area contributed by atoms with E-state index in [2.05, 4.69) is 9.72 Å². The second-order valence-corrected chi connectivity index (χ2v) is 3.29. The Hall–Kier alpha value is -1.17. The van der Waals surface area contributed by atoms with E-state index in [4.69, 9.17) is 21.1 Å². The molecule has 5 nitrogen and oxygen atoms in total. The van der Waals surface area contributed by atoms with Gasteiger partial charge in [-0.15, -0.1) is 0 Å².